The zero-order chi connectivity index (χ0) is 42.8. The van der Waals surface area contributed by atoms with Crippen LogP contribution in [0.15, 0.2) is 65.8 Å². The zero-order valence-electron chi connectivity index (χ0n) is 34.2. The summed E-state index contributed by atoms with van der Waals surface area (Å²) in [6, 6.07) is 12.6. The van der Waals surface area contributed by atoms with Gasteiger partial charge in [0.2, 0.25) is 17.6 Å². The first-order chi connectivity index (χ1) is 28.8. The number of aliphatic imine (C=N–C) groups is 1. The average Bonchev–Trinajstić information content (AvgIpc) is 4.01. The second-order valence-electron chi connectivity index (χ2n) is 16.4. The standard InChI is InChI=1S/C43H55N9O8/c1-43(2,59)36-24-46-50-52(36)30-23-35(40(56)48-32(37(53)38(44)54)19-11-12-20-45-42(58)60-26-28-15-7-4-8-16-28)51(25-30)41(57)34(21-27-13-5-3-6-14-27)49-39(55)33-22-29-17-9-10-18-31(29)47-33/h4,7-10,15-18,24,27,30,32,34-35,59H,3,5-6,11-14,19-23,25-26H2,1-2H3,(H2,44,54)(H,45,58)(H,48,56)(H,49,55)/t30-,32?,34+,35-/m0/s1. The largest absolute Gasteiger partial charge is 0.445 e. The third kappa shape index (κ3) is 11.2. The van der Waals surface area contributed by atoms with Crippen LogP contribution in [0.1, 0.15) is 101 Å². The van der Waals surface area contributed by atoms with Gasteiger partial charge in [0.05, 0.1) is 29.7 Å². The lowest BCUT2D eigenvalue weighted by Gasteiger charge is -2.32. The highest BCUT2D eigenvalue weighted by molar-refractivity contribution is 6.41. The normalized spacial score (nSPS) is 18.8. The number of primary amides is 1. The van der Waals surface area contributed by atoms with Crippen LogP contribution in [-0.4, -0.2) is 97.4 Å². The number of likely N-dealkylation sites (tertiary alicyclic amines) is 1. The summed E-state index contributed by atoms with van der Waals surface area (Å²) in [5.41, 5.74) is 7.16. The molecule has 0 radical (unpaired) electrons. The third-order valence-electron chi connectivity index (χ3n) is 11.5. The predicted octanol–water partition coefficient (Wildman–Crippen LogP) is 3.07. The van der Waals surface area contributed by atoms with Gasteiger partial charge >= 0.3 is 6.09 Å². The summed E-state index contributed by atoms with van der Waals surface area (Å²) in [5.74, 6) is -3.73. The molecule has 4 atom stereocenters. The molecule has 6 N–H and O–H groups in total. The fourth-order valence-electron chi connectivity index (χ4n) is 8.27. The van der Waals surface area contributed by atoms with Crippen LogP contribution < -0.4 is 21.7 Å². The van der Waals surface area contributed by atoms with Gasteiger partial charge in [0.15, 0.2) is 0 Å². The predicted molar refractivity (Wildman–Crippen MR) is 219 cm³/mol. The molecule has 1 unspecified atom stereocenters. The first-order valence-electron chi connectivity index (χ1n) is 20.8. The number of alkyl carbamates (subject to hydrolysis) is 1. The Labute approximate surface area is 348 Å². The molecule has 3 heterocycles. The summed E-state index contributed by atoms with van der Waals surface area (Å²) < 4.78 is 6.73. The maximum atomic E-state index is 14.9. The van der Waals surface area contributed by atoms with Crippen LogP contribution in [0.4, 0.5) is 10.5 Å². The van der Waals surface area contributed by atoms with E-state index in [1.807, 2.05) is 54.6 Å². The smallest absolute Gasteiger partial charge is 0.407 e. The molecule has 1 aromatic heterocycles. The van der Waals surface area contributed by atoms with Crippen molar-refractivity contribution in [3.63, 3.8) is 0 Å². The summed E-state index contributed by atoms with van der Waals surface area (Å²) >= 11 is 0. The van der Waals surface area contributed by atoms with Crippen molar-refractivity contribution in [2.45, 2.75) is 121 Å². The van der Waals surface area contributed by atoms with Crippen molar-refractivity contribution in [3.05, 3.63) is 77.6 Å². The van der Waals surface area contributed by atoms with E-state index >= 15 is 0 Å². The van der Waals surface area contributed by atoms with E-state index in [1.165, 1.54) is 15.8 Å². The van der Waals surface area contributed by atoms with E-state index in [2.05, 4.69) is 31.3 Å². The van der Waals surface area contributed by atoms with Gasteiger partial charge < -0.3 is 36.4 Å². The molecule has 17 heteroatoms. The lowest BCUT2D eigenvalue weighted by molar-refractivity contribution is -0.143. The number of nitrogens with two attached hydrogens (primary N) is 1. The molecule has 5 amide bonds. The van der Waals surface area contributed by atoms with E-state index in [4.69, 9.17) is 10.5 Å². The molecule has 6 rings (SSSR count). The Balaban J connectivity index is 1.18. The zero-order valence-corrected chi connectivity index (χ0v) is 34.2. The number of ketones is 1. The maximum absolute atomic E-state index is 14.9. The number of fused-ring (bicyclic) bond motifs is 1. The number of nitrogens with one attached hydrogen (secondary N) is 3. The molecule has 0 spiro atoms. The fourth-order valence-corrected chi connectivity index (χ4v) is 8.27. The molecule has 2 aromatic carbocycles. The molecule has 2 fully saturated rings. The van der Waals surface area contributed by atoms with E-state index in [9.17, 15) is 33.9 Å². The van der Waals surface area contributed by atoms with Gasteiger partial charge in [0, 0.05) is 25.9 Å². The Morgan fingerprint density at radius 2 is 1.68 bits per heavy atom. The monoisotopic (exact) mass is 825 g/mol. The highest BCUT2D eigenvalue weighted by Crippen LogP contribution is 2.34. The Bertz CT molecular complexity index is 2060. The van der Waals surface area contributed by atoms with Gasteiger partial charge in [-0.05, 0) is 62.6 Å². The average molecular weight is 826 g/mol. The minimum atomic E-state index is -1.36. The van der Waals surface area contributed by atoms with E-state index in [-0.39, 0.29) is 44.2 Å². The van der Waals surface area contributed by atoms with Crippen molar-refractivity contribution in [1.82, 2.24) is 35.8 Å². The van der Waals surface area contributed by atoms with Crippen molar-refractivity contribution in [2.24, 2.45) is 16.6 Å². The number of nitrogens with zero attached hydrogens (tertiary/aromatic N) is 5. The quantitative estimate of drug-likeness (QED) is 0.0928. The number of benzene rings is 2. The number of hydrogen-bond donors (Lipinski definition) is 5. The number of aromatic nitrogens is 3. The second kappa shape index (κ2) is 19.9. The summed E-state index contributed by atoms with van der Waals surface area (Å²) in [4.78, 5) is 86.4. The van der Waals surface area contributed by atoms with Gasteiger partial charge in [-0.2, -0.15) is 0 Å². The first kappa shape index (κ1) is 43.6. The molecule has 1 saturated heterocycles. The van der Waals surface area contributed by atoms with Crippen molar-refractivity contribution in [3.8, 4) is 0 Å². The van der Waals surface area contributed by atoms with Gasteiger partial charge in [0.1, 0.15) is 30.0 Å². The molecule has 3 aliphatic rings. The van der Waals surface area contributed by atoms with Crippen LogP contribution in [0, 0.1) is 5.92 Å². The van der Waals surface area contributed by atoms with Gasteiger partial charge in [0.25, 0.3) is 11.8 Å². The number of hydrogen-bond acceptors (Lipinski definition) is 11. The summed E-state index contributed by atoms with van der Waals surface area (Å²) in [6.07, 6.45) is 7.14. The van der Waals surface area contributed by atoms with E-state index in [1.54, 1.807) is 13.8 Å². The molecule has 60 heavy (non-hydrogen) atoms. The summed E-state index contributed by atoms with van der Waals surface area (Å²) in [6.45, 7) is 3.44. The number of para-hydroxylation sites is 1. The number of rotatable bonds is 18. The number of Topliss-reactive ketones (excluding diaryl/α,β-unsaturated/α-hetero) is 1. The number of carbonyl (C=O) groups is 6. The van der Waals surface area contributed by atoms with Crippen LogP contribution in [0.3, 0.4) is 0 Å². The highest BCUT2D eigenvalue weighted by Gasteiger charge is 2.45. The molecule has 0 bridgehead atoms. The number of amides is 5. The summed E-state index contributed by atoms with van der Waals surface area (Å²) in [7, 11) is 0. The molecule has 3 aromatic rings. The van der Waals surface area contributed by atoms with Gasteiger partial charge in [-0.3, -0.25) is 24.0 Å². The maximum Gasteiger partial charge on any atom is 0.407 e. The third-order valence-corrected chi connectivity index (χ3v) is 11.5. The SMILES string of the molecule is CC(C)(O)c1cnnn1[C@H]1C[C@@H](C(=O)NC(CCCCNC(=O)OCc2ccccc2)C(=O)C(N)=O)N(C(=O)[C@@H](CC2CCCCC2)NC(=O)C2=Nc3ccccc3C2)C1. The highest BCUT2D eigenvalue weighted by atomic mass is 16.5. The van der Waals surface area contributed by atoms with E-state index < -0.39 is 65.3 Å². The molecule has 17 nitrogen and oxygen atoms in total. The Hall–Kier alpha value is -5.97. The Kier molecular flexibility index (Phi) is 14.4. The van der Waals surface area contributed by atoms with Crippen LogP contribution in [0.25, 0.3) is 0 Å². The lowest BCUT2D eigenvalue weighted by Crippen LogP contribution is -2.57. The van der Waals surface area contributed by atoms with Crippen molar-refractivity contribution < 1.29 is 38.6 Å². The topological polar surface area (TPSA) is 240 Å². The minimum absolute atomic E-state index is 0.0206. The van der Waals surface area contributed by atoms with Crippen molar-refractivity contribution in [2.75, 3.05) is 13.1 Å². The Morgan fingerprint density at radius 3 is 2.40 bits per heavy atom. The van der Waals surface area contributed by atoms with Crippen LogP contribution >= 0.6 is 0 Å². The van der Waals surface area contributed by atoms with Gasteiger partial charge in [-0.1, -0.05) is 85.8 Å². The van der Waals surface area contributed by atoms with Crippen molar-refractivity contribution in [1.29, 1.82) is 0 Å². The van der Waals surface area contributed by atoms with Crippen LogP contribution in [0.5, 0.6) is 0 Å². The van der Waals surface area contributed by atoms with Gasteiger partial charge in [-0.15, -0.1) is 5.10 Å². The second-order valence-corrected chi connectivity index (χ2v) is 16.4. The van der Waals surface area contributed by atoms with Crippen molar-refractivity contribution >= 4 is 46.9 Å². The number of carbonyl (C=O) groups excluding carboxylic acids is 6. The van der Waals surface area contributed by atoms with Crippen LogP contribution in [0.2, 0.25) is 0 Å². The molecule has 2 aliphatic heterocycles. The van der Waals surface area contributed by atoms with Gasteiger partial charge in [-0.25, -0.2) is 14.5 Å². The molecule has 320 valence electrons. The molecular weight excluding hydrogens is 771 g/mol. The number of unbranched alkanes of at least 4 members (excludes halogenated alkanes) is 1. The Morgan fingerprint density at radius 1 is 0.950 bits per heavy atom. The van der Waals surface area contributed by atoms with E-state index in [0.717, 1.165) is 43.2 Å². The molecule has 1 saturated carbocycles. The summed E-state index contributed by atoms with van der Waals surface area (Å²) in [5, 5.41) is 27.5. The fraction of sp³-hybridized carbons (Fsp3) is 0.512. The number of ether oxygens (including phenoxy) is 1. The number of aliphatic hydroxyl groups is 1. The molecule has 1 aliphatic carbocycles. The first-order valence-corrected chi connectivity index (χ1v) is 20.8. The minimum Gasteiger partial charge on any atom is -0.445 e. The lowest BCUT2D eigenvalue weighted by atomic mass is 9.84. The van der Waals surface area contributed by atoms with Crippen LogP contribution in [-0.2, 0) is 47.3 Å². The molecular formula is C43H55N9O8. The van der Waals surface area contributed by atoms with E-state index in [0.29, 0.717) is 37.1 Å².